The molecule has 2 atom stereocenters. The first-order chi connectivity index (χ1) is 10.4. The molecule has 2 saturated heterocycles. The lowest BCUT2D eigenvalue weighted by molar-refractivity contribution is -0.142. The van der Waals surface area contributed by atoms with Crippen LogP contribution in [0.2, 0.25) is 0 Å². The second kappa shape index (κ2) is 5.89. The summed E-state index contributed by atoms with van der Waals surface area (Å²) in [5.41, 5.74) is 0.772. The Bertz CT molecular complexity index is 526. The zero-order valence-electron chi connectivity index (χ0n) is 13.5. The minimum Gasteiger partial charge on any atom is -0.444 e. The Kier molecular flexibility index (Phi) is 4.10. The topological polar surface area (TPSA) is 42.0 Å². The highest BCUT2D eigenvalue weighted by Crippen LogP contribution is 2.31. The summed E-state index contributed by atoms with van der Waals surface area (Å²) < 4.78 is 5.47. The maximum Gasteiger partial charge on any atom is 0.410 e. The summed E-state index contributed by atoms with van der Waals surface area (Å²) in [4.78, 5) is 19.8. The monoisotopic (exact) mass is 304 g/mol. The molecule has 2 aliphatic heterocycles. The molecule has 2 aliphatic rings. The third-order valence-corrected chi connectivity index (χ3v) is 4.06. The molecule has 1 aromatic rings. The summed E-state index contributed by atoms with van der Waals surface area (Å²) >= 11 is 0. The van der Waals surface area contributed by atoms with Gasteiger partial charge in [0.2, 0.25) is 0 Å². The number of hydroxylamine groups is 2. The molecular weight excluding hydrogens is 280 g/mol. The summed E-state index contributed by atoms with van der Waals surface area (Å²) in [6, 6.07) is 10.5. The maximum absolute atomic E-state index is 12.2. The van der Waals surface area contributed by atoms with Gasteiger partial charge >= 0.3 is 6.09 Å². The van der Waals surface area contributed by atoms with Gasteiger partial charge < -0.3 is 9.64 Å². The molecule has 0 N–H and O–H groups in total. The molecule has 3 rings (SSSR count). The zero-order chi connectivity index (χ0) is 15.7. The largest absolute Gasteiger partial charge is 0.444 e. The van der Waals surface area contributed by atoms with Gasteiger partial charge in [0.15, 0.2) is 0 Å². The van der Waals surface area contributed by atoms with E-state index in [1.165, 1.54) is 5.56 Å². The lowest BCUT2D eigenvalue weighted by atomic mass is 10.1. The van der Waals surface area contributed by atoms with Crippen molar-refractivity contribution in [1.82, 2.24) is 9.96 Å². The van der Waals surface area contributed by atoms with Crippen molar-refractivity contribution < 1.29 is 14.4 Å². The van der Waals surface area contributed by atoms with Crippen LogP contribution in [0.25, 0.3) is 0 Å². The van der Waals surface area contributed by atoms with Crippen LogP contribution >= 0.6 is 0 Å². The average molecular weight is 304 g/mol. The van der Waals surface area contributed by atoms with Crippen molar-refractivity contribution >= 4 is 6.09 Å². The Morgan fingerprint density at radius 3 is 2.68 bits per heavy atom. The van der Waals surface area contributed by atoms with E-state index >= 15 is 0 Å². The fraction of sp³-hybridized carbons (Fsp3) is 0.588. The summed E-state index contributed by atoms with van der Waals surface area (Å²) in [7, 11) is 0. The van der Waals surface area contributed by atoms with Crippen LogP contribution < -0.4 is 0 Å². The number of hydrogen-bond acceptors (Lipinski definition) is 4. The second-order valence-electron chi connectivity index (χ2n) is 7.07. The average Bonchev–Trinajstić information content (AvgIpc) is 3.00. The van der Waals surface area contributed by atoms with Crippen molar-refractivity contribution in [2.24, 2.45) is 5.92 Å². The number of nitrogens with zero attached hydrogens (tertiary/aromatic N) is 2. The van der Waals surface area contributed by atoms with Crippen LogP contribution in [-0.4, -0.2) is 47.4 Å². The van der Waals surface area contributed by atoms with E-state index < -0.39 is 5.60 Å². The van der Waals surface area contributed by atoms with E-state index in [1.54, 1.807) is 4.90 Å². The number of benzene rings is 1. The van der Waals surface area contributed by atoms with Gasteiger partial charge in [0, 0.05) is 25.6 Å². The van der Waals surface area contributed by atoms with Crippen molar-refractivity contribution in [3.8, 4) is 0 Å². The molecule has 0 saturated carbocycles. The molecule has 22 heavy (non-hydrogen) atoms. The minimum absolute atomic E-state index is 0.221. The summed E-state index contributed by atoms with van der Waals surface area (Å²) in [5.74, 6) is 0.372. The number of carbonyl (C=O) groups is 1. The molecule has 2 fully saturated rings. The van der Waals surface area contributed by atoms with E-state index in [4.69, 9.17) is 9.57 Å². The predicted molar refractivity (Wildman–Crippen MR) is 83.0 cm³/mol. The first-order valence-corrected chi connectivity index (χ1v) is 7.84. The summed E-state index contributed by atoms with van der Waals surface area (Å²) in [5, 5.41) is 2.02. The van der Waals surface area contributed by atoms with Crippen LogP contribution in [0, 0.1) is 5.92 Å². The molecule has 1 aromatic carbocycles. The van der Waals surface area contributed by atoms with E-state index in [1.807, 2.05) is 44.0 Å². The van der Waals surface area contributed by atoms with Crippen molar-refractivity contribution in [2.75, 3.05) is 19.7 Å². The van der Waals surface area contributed by atoms with Crippen LogP contribution in [0.1, 0.15) is 26.3 Å². The standard InChI is InChI=1S/C17H24N2O3/c1-17(2,3)22-16(20)18-10-14-12-21-19(15(14)11-18)9-13-7-5-4-6-8-13/h4-8,14-15H,9-12H2,1-3H3. The summed E-state index contributed by atoms with van der Waals surface area (Å²) in [6.07, 6.45) is -0.221. The maximum atomic E-state index is 12.2. The summed E-state index contributed by atoms with van der Waals surface area (Å²) in [6.45, 7) is 8.50. The first kappa shape index (κ1) is 15.3. The van der Waals surface area contributed by atoms with Crippen molar-refractivity contribution in [3.63, 3.8) is 0 Å². The van der Waals surface area contributed by atoms with Crippen LogP contribution in [0.4, 0.5) is 4.79 Å². The second-order valence-corrected chi connectivity index (χ2v) is 7.07. The van der Waals surface area contributed by atoms with E-state index in [0.29, 0.717) is 25.6 Å². The van der Waals surface area contributed by atoms with Gasteiger partial charge in [0.05, 0.1) is 12.6 Å². The van der Waals surface area contributed by atoms with Gasteiger partial charge in [-0.05, 0) is 26.3 Å². The van der Waals surface area contributed by atoms with E-state index in [-0.39, 0.29) is 12.1 Å². The SMILES string of the molecule is CC(C)(C)OC(=O)N1CC2CON(Cc3ccccc3)C2C1. The van der Waals surface area contributed by atoms with Crippen molar-refractivity contribution in [1.29, 1.82) is 0 Å². The van der Waals surface area contributed by atoms with E-state index in [0.717, 1.165) is 6.54 Å². The highest BCUT2D eigenvalue weighted by molar-refractivity contribution is 5.68. The molecule has 0 aromatic heterocycles. The number of likely N-dealkylation sites (tertiary alicyclic amines) is 1. The molecule has 1 amide bonds. The molecule has 0 spiro atoms. The quantitative estimate of drug-likeness (QED) is 0.842. The van der Waals surface area contributed by atoms with Crippen LogP contribution in [0.3, 0.4) is 0 Å². The molecule has 0 aliphatic carbocycles. The van der Waals surface area contributed by atoms with Gasteiger partial charge in [0.25, 0.3) is 0 Å². The molecule has 0 radical (unpaired) electrons. The Labute approximate surface area is 131 Å². The number of amides is 1. The number of rotatable bonds is 2. The Morgan fingerprint density at radius 2 is 2.00 bits per heavy atom. The molecule has 120 valence electrons. The third-order valence-electron chi connectivity index (χ3n) is 4.06. The molecule has 2 heterocycles. The number of fused-ring (bicyclic) bond motifs is 1. The molecule has 5 heteroatoms. The molecule has 2 unspecified atom stereocenters. The zero-order valence-corrected chi connectivity index (χ0v) is 13.5. The van der Waals surface area contributed by atoms with Gasteiger partial charge in [0.1, 0.15) is 5.60 Å². The highest BCUT2D eigenvalue weighted by atomic mass is 16.7. The van der Waals surface area contributed by atoms with Gasteiger partial charge in [-0.1, -0.05) is 30.3 Å². The smallest absolute Gasteiger partial charge is 0.410 e. The minimum atomic E-state index is -0.449. The number of carbonyl (C=O) groups excluding carboxylic acids is 1. The lowest BCUT2D eigenvalue weighted by Gasteiger charge is -2.26. The molecule has 0 bridgehead atoms. The fourth-order valence-corrected chi connectivity index (χ4v) is 3.03. The van der Waals surface area contributed by atoms with Crippen molar-refractivity contribution in [3.05, 3.63) is 35.9 Å². The molecular formula is C17H24N2O3. The van der Waals surface area contributed by atoms with E-state index in [2.05, 4.69) is 12.1 Å². The van der Waals surface area contributed by atoms with Crippen LogP contribution in [0.5, 0.6) is 0 Å². The van der Waals surface area contributed by atoms with Crippen molar-refractivity contribution in [2.45, 2.75) is 39.0 Å². The third kappa shape index (κ3) is 3.42. The Hall–Kier alpha value is -1.59. The Morgan fingerprint density at radius 1 is 1.27 bits per heavy atom. The predicted octanol–water partition coefficient (Wildman–Crippen LogP) is 2.67. The van der Waals surface area contributed by atoms with Crippen LogP contribution in [0.15, 0.2) is 30.3 Å². The van der Waals surface area contributed by atoms with Gasteiger partial charge in [-0.3, -0.25) is 4.84 Å². The Balaban J connectivity index is 1.60. The fourth-order valence-electron chi connectivity index (χ4n) is 3.03. The van der Waals surface area contributed by atoms with Gasteiger partial charge in [-0.2, -0.15) is 5.06 Å². The van der Waals surface area contributed by atoms with E-state index in [9.17, 15) is 4.79 Å². The number of hydrogen-bond donors (Lipinski definition) is 0. The first-order valence-electron chi connectivity index (χ1n) is 7.84. The van der Waals surface area contributed by atoms with Gasteiger partial charge in [-0.15, -0.1) is 0 Å². The van der Waals surface area contributed by atoms with Crippen LogP contribution in [-0.2, 0) is 16.1 Å². The molecule has 5 nitrogen and oxygen atoms in total. The number of ether oxygens (including phenoxy) is 1. The van der Waals surface area contributed by atoms with Gasteiger partial charge in [-0.25, -0.2) is 4.79 Å². The highest BCUT2D eigenvalue weighted by Gasteiger charge is 2.45. The lowest BCUT2D eigenvalue weighted by Crippen LogP contribution is -2.39. The normalized spacial score (nSPS) is 25.3.